The van der Waals surface area contributed by atoms with E-state index in [0.29, 0.717) is 5.92 Å². The maximum absolute atomic E-state index is 6.37. The van der Waals surface area contributed by atoms with Crippen LogP contribution in [0.1, 0.15) is 150 Å². The van der Waals surface area contributed by atoms with Crippen LogP contribution in [0.2, 0.25) is 0 Å². The zero-order valence-corrected chi connectivity index (χ0v) is 21.0. The summed E-state index contributed by atoms with van der Waals surface area (Å²) in [4.78, 5) is 0. The summed E-state index contributed by atoms with van der Waals surface area (Å²) < 4.78 is 12.7. The van der Waals surface area contributed by atoms with E-state index < -0.39 is 0 Å². The third-order valence-electron chi connectivity index (χ3n) is 6.31. The minimum Gasteiger partial charge on any atom is -0.350 e. The molecule has 1 atom stereocenters. The van der Waals surface area contributed by atoms with Crippen LogP contribution in [0, 0.1) is 5.92 Å². The molecule has 0 aromatic heterocycles. The van der Waals surface area contributed by atoms with E-state index in [0.717, 1.165) is 26.1 Å². The summed E-state index contributed by atoms with van der Waals surface area (Å²) in [6.45, 7) is 12.6. The summed E-state index contributed by atoms with van der Waals surface area (Å²) >= 11 is 0. The molecule has 2 heteroatoms. The molecule has 0 heterocycles. The first kappa shape index (κ1) is 28.9. The summed E-state index contributed by atoms with van der Waals surface area (Å²) in [7, 11) is 0. The first-order valence-corrected chi connectivity index (χ1v) is 13.5. The molecule has 2 nitrogen and oxygen atoms in total. The lowest BCUT2D eigenvalue weighted by Crippen LogP contribution is -2.44. The Morgan fingerprint density at radius 3 is 1.21 bits per heavy atom. The van der Waals surface area contributed by atoms with Gasteiger partial charge in [-0.05, 0) is 26.7 Å². The van der Waals surface area contributed by atoms with Crippen LogP contribution in [0.15, 0.2) is 0 Å². The molecule has 0 aliphatic rings. The zero-order valence-electron chi connectivity index (χ0n) is 21.0. The molecule has 0 bridgehead atoms. The van der Waals surface area contributed by atoms with Crippen molar-refractivity contribution >= 4 is 0 Å². The van der Waals surface area contributed by atoms with Crippen molar-refractivity contribution in [2.24, 2.45) is 5.92 Å². The summed E-state index contributed by atoms with van der Waals surface area (Å²) in [5.41, 5.74) is 0. The molecule has 0 aliphatic heterocycles. The molecule has 0 radical (unpaired) electrons. The van der Waals surface area contributed by atoms with Gasteiger partial charge in [-0.25, -0.2) is 0 Å². The van der Waals surface area contributed by atoms with Crippen molar-refractivity contribution in [1.29, 1.82) is 0 Å². The van der Waals surface area contributed by atoms with Gasteiger partial charge in [0.15, 0.2) is 5.79 Å². The van der Waals surface area contributed by atoms with Gasteiger partial charge >= 0.3 is 0 Å². The number of unbranched alkanes of at least 4 members (excludes halogenated alkanes) is 12. The molecule has 29 heavy (non-hydrogen) atoms. The van der Waals surface area contributed by atoms with Gasteiger partial charge in [0.05, 0.1) is 0 Å². The highest BCUT2D eigenvalue weighted by molar-refractivity contribution is 4.80. The second-order valence-electron chi connectivity index (χ2n) is 8.94. The van der Waals surface area contributed by atoms with E-state index in [-0.39, 0.29) is 5.79 Å². The largest absolute Gasteiger partial charge is 0.350 e. The molecule has 0 amide bonds. The van der Waals surface area contributed by atoms with Crippen LogP contribution in [0.3, 0.4) is 0 Å². The summed E-state index contributed by atoms with van der Waals surface area (Å²) in [5, 5.41) is 0. The molecule has 0 spiro atoms. The first-order valence-electron chi connectivity index (χ1n) is 13.5. The molecule has 0 N–H and O–H groups in total. The molecular weight excluding hydrogens is 356 g/mol. The lowest BCUT2D eigenvalue weighted by Gasteiger charge is -2.40. The van der Waals surface area contributed by atoms with Crippen LogP contribution in [-0.2, 0) is 9.47 Å². The van der Waals surface area contributed by atoms with Gasteiger partial charge in [-0.2, -0.15) is 0 Å². The molecule has 0 aromatic carbocycles. The fourth-order valence-electron chi connectivity index (χ4n) is 4.74. The predicted octanol–water partition coefficient (Wildman–Crippen LogP) is 9.45. The molecule has 0 aliphatic carbocycles. The van der Waals surface area contributed by atoms with E-state index in [9.17, 15) is 0 Å². The van der Waals surface area contributed by atoms with Crippen LogP contribution in [0.4, 0.5) is 0 Å². The fraction of sp³-hybridized carbons (Fsp3) is 1.00. The maximum Gasteiger partial charge on any atom is 0.170 e. The van der Waals surface area contributed by atoms with Crippen LogP contribution >= 0.6 is 0 Å². The Balaban J connectivity index is 4.62. The van der Waals surface area contributed by atoms with Crippen LogP contribution < -0.4 is 0 Å². The van der Waals surface area contributed by atoms with Crippen molar-refractivity contribution in [3.63, 3.8) is 0 Å². The monoisotopic (exact) mass is 412 g/mol. The predicted molar refractivity (Wildman–Crippen MR) is 130 cm³/mol. The Labute approximate surface area is 184 Å². The zero-order chi connectivity index (χ0) is 21.6. The molecular formula is C27H56O2. The Morgan fingerprint density at radius 1 is 0.483 bits per heavy atom. The van der Waals surface area contributed by atoms with Crippen LogP contribution in [-0.4, -0.2) is 19.0 Å². The van der Waals surface area contributed by atoms with Gasteiger partial charge in [0.25, 0.3) is 0 Å². The van der Waals surface area contributed by atoms with Crippen molar-refractivity contribution in [2.75, 3.05) is 13.2 Å². The third kappa shape index (κ3) is 14.5. The average Bonchev–Trinajstić information content (AvgIpc) is 2.71. The lowest BCUT2D eigenvalue weighted by molar-refractivity contribution is -0.270. The molecule has 176 valence electrons. The van der Waals surface area contributed by atoms with Gasteiger partial charge in [0.1, 0.15) is 0 Å². The van der Waals surface area contributed by atoms with Gasteiger partial charge in [0.2, 0.25) is 0 Å². The maximum atomic E-state index is 6.37. The van der Waals surface area contributed by atoms with E-state index in [1.165, 1.54) is 103 Å². The van der Waals surface area contributed by atoms with E-state index in [4.69, 9.17) is 9.47 Å². The standard InChI is InChI=1S/C27H56O2/c1-6-11-13-15-17-18-20-22-24-26(23-21-19-16-14-12-7-2)27(25-8-3,28-9-4)29-10-5/h26H,6-25H2,1-5H3. The van der Waals surface area contributed by atoms with Crippen LogP contribution in [0.25, 0.3) is 0 Å². The van der Waals surface area contributed by atoms with Gasteiger partial charge < -0.3 is 9.47 Å². The number of rotatable bonds is 23. The highest BCUT2D eigenvalue weighted by atomic mass is 16.7. The third-order valence-corrected chi connectivity index (χ3v) is 6.31. The first-order chi connectivity index (χ1) is 14.2. The quantitative estimate of drug-likeness (QED) is 0.123. The highest BCUT2D eigenvalue weighted by Gasteiger charge is 2.38. The molecule has 1 unspecified atom stereocenters. The molecule has 0 rings (SSSR count). The van der Waals surface area contributed by atoms with E-state index in [2.05, 4.69) is 34.6 Å². The Bertz CT molecular complexity index is 299. The minimum atomic E-state index is -0.344. The second kappa shape index (κ2) is 21.2. The molecule has 0 saturated heterocycles. The van der Waals surface area contributed by atoms with Gasteiger partial charge in [-0.3, -0.25) is 0 Å². The summed E-state index contributed by atoms with van der Waals surface area (Å²) in [6.07, 6.45) is 24.0. The second-order valence-corrected chi connectivity index (χ2v) is 8.94. The van der Waals surface area contributed by atoms with Gasteiger partial charge in [-0.15, -0.1) is 0 Å². The fourth-order valence-corrected chi connectivity index (χ4v) is 4.74. The van der Waals surface area contributed by atoms with Gasteiger partial charge in [-0.1, -0.05) is 117 Å². The van der Waals surface area contributed by atoms with Crippen molar-refractivity contribution in [3.8, 4) is 0 Å². The SMILES string of the molecule is CCCCCCCCCCC(CCCCCCCC)C(CCC)(OCC)OCC. The normalized spacial score (nSPS) is 13.1. The van der Waals surface area contributed by atoms with Crippen molar-refractivity contribution in [2.45, 2.75) is 156 Å². The topological polar surface area (TPSA) is 18.5 Å². The van der Waals surface area contributed by atoms with E-state index in [1.807, 2.05) is 0 Å². The Kier molecular flexibility index (Phi) is 21.1. The van der Waals surface area contributed by atoms with Crippen molar-refractivity contribution in [1.82, 2.24) is 0 Å². The molecule has 0 aromatic rings. The Hall–Kier alpha value is -0.0800. The average molecular weight is 413 g/mol. The number of hydrogen-bond donors (Lipinski definition) is 0. The van der Waals surface area contributed by atoms with E-state index in [1.54, 1.807) is 0 Å². The molecule has 0 saturated carbocycles. The van der Waals surface area contributed by atoms with Crippen LogP contribution in [0.5, 0.6) is 0 Å². The van der Waals surface area contributed by atoms with E-state index >= 15 is 0 Å². The number of ether oxygens (including phenoxy) is 2. The Morgan fingerprint density at radius 2 is 0.862 bits per heavy atom. The molecule has 0 fully saturated rings. The highest BCUT2D eigenvalue weighted by Crippen LogP contribution is 2.37. The van der Waals surface area contributed by atoms with Gasteiger partial charge in [0, 0.05) is 25.6 Å². The van der Waals surface area contributed by atoms with Crippen molar-refractivity contribution in [3.05, 3.63) is 0 Å². The summed E-state index contributed by atoms with van der Waals surface area (Å²) in [6, 6.07) is 0. The van der Waals surface area contributed by atoms with Crippen molar-refractivity contribution < 1.29 is 9.47 Å². The lowest BCUT2D eigenvalue weighted by atomic mass is 9.84. The minimum absolute atomic E-state index is 0.344. The summed E-state index contributed by atoms with van der Waals surface area (Å²) in [5.74, 6) is 0.205. The smallest absolute Gasteiger partial charge is 0.170 e. The number of hydrogen-bond acceptors (Lipinski definition) is 2.